The molecule has 1 aliphatic carbocycles. The van der Waals surface area contributed by atoms with Gasteiger partial charge in [0.15, 0.2) is 0 Å². The highest BCUT2D eigenvalue weighted by atomic mass is 16.5. The molecule has 0 N–H and O–H groups in total. The molecule has 132 valence electrons. The first-order valence-electron chi connectivity index (χ1n) is 9.11. The van der Waals surface area contributed by atoms with Crippen molar-refractivity contribution in [3.05, 3.63) is 41.7 Å². The van der Waals surface area contributed by atoms with Gasteiger partial charge in [0.1, 0.15) is 0 Å². The summed E-state index contributed by atoms with van der Waals surface area (Å²) in [5.41, 5.74) is 2.64. The number of hydrogen-bond acceptors (Lipinski definition) is 4. The molecule has 2 fully saturated rings. The number of carbonyl (C=O) groups is 1. The number of ether oxygens (including phenoxy) is 1. The molecule has 0 bridgehead atoms. The van der Waals surface area contributed by atoms with Crippen LogP contribution in [0.5, 0.6) is 0 Å². The molecular weight excluding hydrogens is 316 g/mol. The van der Waals surface area contributed by atoms with Gasteiger partial charge in [-0.25, -0.2) is 4.68 Å². The summed E-state index contributed by atoms with van der Waals surface area (Å²) in [5.74, 6) is 0.142. The maximum atomic E-state index is 12.9. The Balaban J connectivity index is 1.50. The predicted octanol–water partition coefficient (Wildman–Crippen LogP) is 2.29. The van der Waals surface area contributed by atoms with Crippen LogP contribution >= 0.6 is 0 Å². The summed E-state index contributed by atoms with van der Waals surface area (Å²) in [7, 11) is 0. The Labute approximate surface area is 147 Å². The Kier molecular flexibility index (Phi) is 4.53. The number of fused-ring (bicyclic) bond motifs is 1. The minimum Gasteiger partial charge on any atom is -0.374 e. The van der Waals surface area contributed by atoms with Crippen molar-refractivity contribution in [3.63, 3.8) is 0 Å². The van der Waals surface area contributed by atoms with Crippen LogP contribution in [-0.2, 0) is 16.0 Å². The number of amides is 1. The lowest BCUT2D eigenvalue weighted by atomic mass is 9.90. The van der Waals surface area contributed by atoms with E-state index in [1.807, 2.05) is 42.2 Å². The Hall–Kier alpha value is -2.21. The molecule has 0 radical (unpaired) electrons. The standard InChI is InChI=1S/C19H24N4O2/c1-14-16(20-21-23(14)15-7-3-2-4-8-15)13-19(24)22-11-12-25-18-10-6-5-9-17(18)22/h2-4,7-8,17-18H,5-6,9-13H2,1H3/t17-,18-/m0/s1. The van der Waals surface area contributed by atoms with E-state index < -0.39 is 0 Å². The number of para-hydroxylation sites is 1. The van der Waals surface area contributed by atoms with Crippen molar-refractivity contribution in [3.8, 4) is 5.69 Å². The van der Waals surface area contributed by atoms with Crippen molar-refractivity contribution in [1.29, 1.82) is 0 Å². The first-order chi connectivity index (χ1) is 12.2. The van der Waals surface area contributed by atoms with Gasteiger partial charge in [0.05, 0.1) is 42.2 Å². The van der Waals surface area contributed by atoms with Gasteiger partial charge in [-0.3, -0.25) is 4.79 Å². The van der Waals surface area contributed by atoms with Crippen LogP contribution in [0.2, 0.25) is 0 Å². The summed E-state index contributed by atoms with van der Waals surface area (Å²) < 4.78 is 7.67. The number of hydrogen-bond donors (Lipinski definition) is 0. The lowest BCUT2D eigenvalue weighted by molar-refractivity contribution is -0.148. The fourth-order valence-electron chi connectivity index (χ4n) is 3.99. The zero-order chi connectivity index (χ0) is 17.2. The molecule has 1 saturated carbocycles. The number of benzene rings is 1. The van der Waals surface area contributed by atoms with Crippen molar-refractivity contribution in [1.82, 2.24) is 19.9 Å². The molecule has 25 heavy (non-hydrogen) atoms. The van der Waals surface area contributed by atoms with E-state index in [0.717, 1.165) is 29.9 Å². The van der Waals surface area contributed by atoms with Crippen LogP contribution < -0.4 is 0 Å². The number of morpholine rings is 1. The second-order valence-corrected chi connectivity index (χ2v) is 6.89. The van der Waals surface area contributed by atoms with Crippen LogP contribution in [0.15, 0.2) is 30.3 Å². The predicted molar refractivity (Wildman–Crippen MR) is 93.5 cm³/mol. The third kappa shape index (κ3) is 3.18. The topological polar surface area (TPSA) is 60.3 Å². The Morgan fingerprint density at radius 2 is 2.04 bits per heavy atom. The number of aromatic nitrogens is 3. The SMILES string of the molecule is Cc1c(CC(=O)N2CCO[C@H]3CCCC[C@@H]32)nnn1-c1ccccc1. The van der Waals surface area contributed by atoms with Crippen LogP contribution in [0.4, 0.5) is 0 Å². The van der Waals surface area contributed by atoms with Crippen LogP contribution in [0.25, 0.3) is 5.69 Å². The fourth-order valence-corrected chi connectivity index (χ4v) is 3.99. The molecule has 1 amide bonds. The maximum Gasteiger partial charge on any atom is 0.229 e. The van der Waals surface area contributed by atoms with E-state index in [0.29, 0.717) is 19.6 Å². The van der Waals surface area contributed by atoms with Gasteiger partial charge < -0.3 is 9.64 Å². The number of nitrogens with zero attached hydrogens (tertiary/aromatic N) is 4. The molecule has 4 rings (SSSR count). The van der Waals surface area contributed by atoms with Crippen LogP contribution in [-0.4, -0.2) is 51.1 Å². The minimum absolute atomic E-state index is 0.142. The molecule has 2 heterocycles. The van der Waals surface area contributed by atoms with E-state index in [-0.39, 0.29) is 18.1 Å². The van der Waals surface area contributed by atoms with Crippen LogP contribution in [0, 0.1) is 6.92 Å². The van der Waals surface area contributed by atoms with Gasteiger partial charge in [0.2, 0.25) is 5.91 Å². The van der Waals surface area contributed by atoms with Gasteiger partial charge in [-0.1, -0.05) is 36.3 Å². The molecule has 1 saturated heterocycles. The van der Waals surface area contributed by atoms with Gasteiger partial charge in [0, 0.05) is 6.54 Å². The average Bonchev–Trinajstić information content (AvgIpc) is 3.02. The monoisotopic (exact) mass is 340 g/mol. The smallest absolute Gasteiger partial charge is 0.229 e. The van der Waals surface area contributed by atoms with Crippen molar-refractivity contribution in [2.75, 3.05) is 13.2 Å². The summed E-state index contributed by atoms with van der Waals surface area (Å²) in [5, 5.41) is 8.50. The molecule has 0 unspecified atom stereocenters. The summed E-state index contributed by atoms with van der Waals surface area (Å²) in [6.07, 6.45) is 5.02. The van der Waals surface area contributed by atoms with Gasteiger partial charge in [-0.2, -0.15) is 0 Å². The first-order valence-corrected chi connectivity index (χ1v) is 9.11. The van der Waals surface area contributed by atoms with Gasteiger partial charge in [-0.15, -0.1) is 5.10 Å². The second kappa shape index (κ2) is 6.96. The Morgan fingerprint density at radius 3 is 2.88 bits per heavy atom. The van der Waals surface area contributed by atoms with E-state index in [2.05, 4.69) is 10.3 Å². The molecule has 6 heteroatoms. The maximum absolute atomic E-state index is 12.9. The average molecular weight is 340 g/mol. The summed E-state index contributed by atoms with van der Waals surface area (Å²) in [6, 6.07) is 10.1. The molecule has 2 aromatic rings. The lowest BCUT2D eigenvalue weighted by Crippen LogP contribution is -2.55. The Bertz CT molecular complexity index is 741. The normalized spacial score (nSPS) is 23.3. The van der Waals surface area contributed by atoms with Crippen LogP contribution in [0.3, 0.4) is 0 Å². The van der Waals surface area contributed by atoms with E-state index >= 15 is 0 Å². The largest absolute Gasteiger partial charge is 0.374 e. The number of rotatable bonds is 3. The fraction of sp³-hybridized carbons (Fsp3) is 0.526. The Morgan fingerprint density at radius 1 is 1.24 bits per heavy atom. The highest BCUT2D eigenvalue weighted by molar-refractivity contribution is 5.79. The van der Waals surface area contributed by atoms with E-state index in [4.69, 9.17) is 4.74 Å². The van der Waals surface area contributed by atoms with Crippen molar-refractivity contribution in [2.24, 2.45) is 0 Å². The van der Waals surface area contributed by atoms with Gasteiger partial charge >= 0.3 is 0 Å². The van der Waals surface area contributed by atoms with E-state index in [1.165, 1.54) is 12.8 Å². The molecule has 1 aromatic heterocycles. The molecule has 2 atom stereocenters. The first kappa shape index (κ1) is 16.3. The zero-order valence-corrected chi connectivity index (χ0v) is 14.6. The minimum atomic E-state index is 0.142. The second-order valence-electron chi connectivity index (χ2n) is 6.89. The van der Waals surface area contributed by atoms with Gasteiger partial charge in [-0.05, 0) is 31.9 Å². The molecule has 0 spiro atoms. The van der Waals surface area contributed by atoms with E-state index in [9.17, 15) is 4.79 Å². The van der Waals surface area contributed by atoms with Crippen molar-refractivity contribution >= 4 is 5.91 Å². The highest BCUT2D eigenvalue weighted by Crippen LogP contribution is 2.29. The van der Waals surface area contributed by atoms with Crippen molar-refractivity contribution in [2.45, 2.75) is 51.2 Å². The molecule has 1 aromatic carbocycles. The lowest BCUT2D eigenvalue weighted by Gasteiger charge is -2.43. The third-order valence-electron chi connectivity index (χ3n) is 5.36. The summed E-state index contributed by atoms with van der Waals surface area (Å²) in [6.45, 7) is 3.30. The van der Waals surface area contributed by atoms with Crippen LogP contribution in [0.1, 0.15) is 37.1 Å². The molecule has 2 aliphatic rings. The molecular formula is C19H24N4O2. The summed E-state index contributed by atoms with van der Waals surface area (Å²) >= 11 is 0. The quantitative estimate of drug-likeness (QED) is 0.860. The summed E-state index contributed by atoms with van der Waals surface area (Å²) in [4.78, 5) is 14.9. The molecule has 6 nitrogen and oxygen atoms in total. The third-order valence-corrected chi connectivity index (χ3v) is 5.36. The number of carbonyl (C=O) groups excluding carboxylic acids is 1. The van der Waals surface area contributed by atoms with Crippen molar-refractivity contribution < 1.29 is 9.53 Å². The van der Waals surface area contributed by atoms with Gasteiger partial charge in [0.25, 0.3) is 0 Å². The highest BCUT2D eigenvalue weighted by Gasteiger charge is 2.36. The zero-order valence-electron chi connectivity index (χ0n) is 14.6. The van der Waals surface area contributed by atoms with E-state index in [1.54, 1.807) is 4.68 Å². The molecule has 1 aliphatic heterocycles.